The lowest BCUT2D eigenvalue weighted by atomic mass is 9.67. The van der Waals surface area contributed by atoms with Crippen LogP contribution in [0.5, 0.6) is 0 Å². The first kappa shape index (κ1) is 31.6. The van der Waals surface area contributed by atoms with Crippen LogP contribution in [0.4, 0.5) is 4.79 Å². The number of carbonyl (C=O) groups excluding carboxylic acids is 2. The number of aliphatic imine (C=N–C) groups is 1. The number of nitrogens with zero attached hydrogens (tertiary/aromatic N) is 2. The Kier molecular flexibility index (Phi) is 10.4. The summed E-state index contributed by atoms with van der Waals surface area (Å²) in [6.07, 6.45) is 17.2. The lowest BCUT2D eigenvalue weighted by Crippen LogP contribution is -2.52. The van der Waals surface area contributed by atoms with E-state index in [0.29, 0.717) is 23.8 Å². The molecule has 8 nitrogen and oxygen atoms in total. The van der Waals surface area contributed by atoms with E-state index >= 15 is 0 Å². The van der Waals surface area contributed by atoms with E-state index in [1.54, 1.807) is 0 Å². The van der Waals surface area contributed by atoms with Crippen molar-refractivity contribution in [3.05, 3.63) is 0 Å². The van der Waals surface area contributed by atoms with E-state index < -0.39 is 5.60 Å². The number of carbonyl (C=O) groups is 2. The van der Waals surface area contributed by atoms with Crippen LogP contribution in [0.3, 0.4) is 0 Å². The van der Waals surface area contributed by atoms with Gasteiger partial charge in [-0.15, -0.1) is 0 Å². The Balaban J connectivity index is 1.20. The van der Waals surface area contributed by atoms with Crippen LogP contribution < -0.4 is 16.4 Å². The minimum atomic E-state index is -0.496. The predicted octanol–water partition coefficient (Wildman–Crippen LogP) is 5.78. The van der Waals surface area contributed by atoms with Gasteiger partial charge in [0.15, 0.2) is 0 Å². The van der Waals surface area contributed by atoms with Gasteiger partial charge in [0.2, 0.25) is 5.91 Å². The normalized spacial score (nSPS) is 37.8. The quantitative estimate of drug-likeness (QED) is 0.259. The number of likely N-dealkylation sites (tertiary alicyclic amines) is 1. The van der Waals surface area contributed by atoms with Crippen LogP contribution in [-0.2, 0) is 9.53 Å². The molecule has 5 fully saturated rings. The van der Waals surface area contributed by atoms with Crippen molar-refractivity contribution in [3.63, 3.8) is 0 Å². The number of ether oxygens (including phenoxy) is 1. The molecule has 0 spiro atoms. The van der Waals surface area contributed by atoms with Crippen molar-refractivity contribution in [2.45, 2.75) is 154 Å². The summed E-state index contributed by atoms with van der Waals surface area (Å²) in [5, 5.41) is 6.51. The first-order valence-corrected chi connectivity index (χ1v) is 17.4. The fraction of sp³-hybridized carbons (Fsp3) is 0.912. The molecule has 0 aromatic heterocycles. The number of nitrogens with one attached hydrogen (secondary N) is 2. The monoisotopic (exact) mass is 585 g/mol. The standard InChI is InChI=1S/C34H59N5O3/c1-5-36-31(35)26-13-12-25-19-30(32(40)37-27-14-16-28(17-15-27)38-33(41)42-34(2,3)4)39(29(25)20-26)21-22-10-11-23-8-6-7-9-24(23)18-22/h22-30H,5-21H2,1-4H3,(H2,35,36)(H,37,40)(H,38,41). The lowest BCUT2D eigenvalue weighted by Gasteiger charge is -2.43. The van der Waals surface area contributed by atoms with E-state index in [0.717, 1.165) is 82.1 Å². The highest BCUT2D eigenvalue weighted by atomic mass is 16.6. The lowest BCUT2D eigenvalue weighted by molar-refractivity contribution is -0.127. The highest BCUT2D eigenvalue weighted by Gasteiger charge is 2.48. The Bertz CT molecular complexity index is 955. The van der Waals surface area contributed by atoms with E-state index in [1.807, 2.05) is 20.8 Å². The van der Waals surface area contributed by atoms with Gasteiger partial charge in [-0.1, -0.05) is 25.7 Å². The van der Waals surface area contributed by atoms with Crippen LogP contribution >= 0.6 is 0 Å². The summed E-state index contributed by atoms with van der Waals surface area (Å²) in [5.41, 5.74) is 5.96. The minimum Gasteiger partial charge on any atom is -0.444 e. The molecular weight excluding hydrogens is 526 g/mol. The highest BCUT2D eigenvalue weighted by Crippen LogP contribution is 2.46. The summed E-state index contributed by atoms with van der Waals surface area (Å²) >= 11 is 0. The van der Waals surface area contributed by atoms with E-state index in [1.165, 1.54) is 44.9 Å². The van der Waals surface area contributed by atoms with Gasteiger partial charge in [0.25, 0.3) is 0 Å². The van der Waals surface area contributed by atoms with Gasteiger partial charge in [-0.05, 0) is 122 Å². The number of alkyl carbamates (subject to hydrolysis) is 1. The average Bonchev–Trinajstić information content (AvgIpc) is 3.30. The third-order valence-corrected chi connectivity index (χ3v) is 11.3. The topological polar surface area (TPSA) is 109 Å². The molecule has 238 valence electrons. The van der Waals surface area contributed by atoms with Crippen molar-refractivity contribution in [2.75, 3.05) is 13.1 Å². The third kappa shape index (κ3) is 8.00. The Labute approximate surface area is 254 Å². The molecule has 0 bridgehead atoms. The number of hydrogen-bond acceptors (Lipinski definition) is 5. The maximum absolute atomic E-state index is 14.0. The van der Waals surface area contributed by atoms with Crippen LogP contribution in [0.15, 0.2) is 4.99 Å². The van der Waals surface area contributed by atoms with Gasteiger partial charge in [-0.25, -0.2) is 4.79 Å². The van der Waals surface area contributed by atoms with Crippen LogP contribution in [-0.4, -0.2) is 65.6 Å². The zero-order chi connectivity index (χ0) is 29.9. The van der Waals surface area contributed by atoms with Gasteiger partial charge < -0.3 is 21.1 Å². The van der Waals surface area contributed by atoms with Crippen molar-refractivity contribution in [1.82, 2.24) is 15.5 Å². The second kappa shape index (κ2) is 13.9. The maximum atomic E-state index is 14.0. The van der Waals surface area contributed by atoms with Crippen molar-refractivity contribution in [3.8, 4) is 0 Å². The zero-order valence-corrected chi connectivity index (χ0v) is 26.9. The molecule has 0 radical (unpaired) electrons. The summed E-state index contributed by atoms with van der Waals surface area (Å²) in [7, 11) is 0. The Morgan fingerprint density at radius 2 is 1.50 bits per heavy atom. The molecule has 4 N–H and O–H groups in total. The fourth-order valence-corrected chi connectivity index (χ4v) is 9.23. The molecule has 5 rings (SSSR count). The summed E-state index contributed by atoms with van der Waals surface area (Å²) in [6.45, 7) is 9.52. The number of hydrogen-bond donors (Lipinski definition) is 3. The number of amides is 2. The van der Waals surface area contributed by atoms with Gasteiger partial charge in [-0.2, -0.15) is 0 Å². The van der Waals surface area contributed by atoms with Gasteiger partial charge in [0, 0.05) is 37.1 Å². The highest BCUT2D eigenvalue weighted by molar-refractivity contribution is 5.84. The Morgan fingerprint density at radius 1 is 0.833 bits per heavy atom. The molecular formula is C34H59N5O3. The number of rotatable bonds is 7. The molecule has 2 amide bonds. The Hall–Kier alpha value is -1.83. The largest absolute Gasteiger partial charge is 0.444 e. The molecule has 0 aromatic carbocycles. The average molecular weight is 586 g/mol. The van der Waals surface area contributed by atoms with E-state index in [2.05, 4.69) is 27.4 Å². The summed E-state index contributed by atoms with van der Waals surface area (Å²) in [6, 6.07) is 0.685. The number of fused-ring (bicyclic) bond motifs is 2. The van der Waals surface area contributed by atoms with Gasteiger partial charge >= 0.3 is 6.09 Å². The smallest absolute Gasteiger partial charge is 0.407 e. The maximum Gasteiger partial charge on any atom is 0.407 e. The van der Waals surface area contributed by atoms with Gasteiger partial charge in [-0.3, -0.25) is 14.7 Å². The predicted molar refractivity (Wildman–Crippen MR) is 168 cm³/mol. The number of amidine groups is 1. The van der Waals surface area contributed by atoms with E-state index in [-0.39, 0.29) is 30.1 Å². The fourth-order valence-electron chi connectivity index (χ4n) is 9.23. The molecule has 1 saturated heterocycles. The molecule has 4 aliphatic carbocycles. The first-order chi connectivity index (χ1) is 20.1. The molecule has 1 heterocycles. The molecule has 5 aliphatic rings. The molecule has 4 saturated carbocycles. The first-order valence-electron chi connectivity index (χ1n) is 17.4. The van der Waals surface area contributed by atoms with Crippen LogP contribution in [0.25, 0.3) is 0 Å². The van der Waals surface area contributed by atoms with Crippen molar-refractivity contribution < 1.29 is 14.3 Å². The summed E-state index contributed by atoms with van der Waals surface area (Å²) in [5.74, 6) is 4.52. The summed E-state index contributed by atoms with van der Waals surface area (Å²) < 4.78 is 5.44. The number of nitrogens with two attached hydrogens (primary N) is 1. The van der Waals surface area contributed by atoms with Crippen molar-refractivity contribution in [1.29, 1.82) is 0 Å². The molecule has 7 atom stereocenters. The second-order valence-corrected chi connectivity index (χ2v) is 15.4. The van der Waals surface area contributed by atoms with Crippen LogP contribution in [0.2, 0.25) is 0 Å². The minimum absolute atomic E-state index is 0.0372. The van der Waals surface area contributed by atoms with Crippen molar-refractivity contribution >= 4 is 17.8 Å². The molecule has 0 aromatic rings. The second-order valence-electron chi connectivity index (χ2n) is 15.4. The van der Waals surface area contributed by atoms with Gasteiger partial charge in [0.05, 0.1) is 11.9 Å². The van der Waals surface area contributed by atoms with Crippen LogP contribution in [0, 0.1) is 29.6 Å². The third-order valence-electron chi connectivity index (χ3n) is 11.3. The SMILES string of the molecule is CCN=C(N)C1CCC2CC(C(=O)NC3CCC(NC(=O)OC(C)(C)C)CC3)N(CC3CCC4CCCCC4C3)C2C1. The van der Waals surface area contributed by atoms with Gasteiger partial charge in [0.1, 0.15) is 5.60 Å². The summed E-state index contributed by atoms with van der Waals surface area (Å²) in [4.78, 5) is 33.5. The zero-order valence-electron chi connectivity index (χ0n) is 26.9. The molecule has 42 heavy (non-hydrogen) atoms. The molecule has 8 heteroatoms. The molecule has 7 unspecified atom stereocenters. The van der Waals surface area contributed by atoms with Crippen LogP contribution in [0.1, 0.15) is 124 Å². The molecule has 1 aliphatic heterocycles. The Morgan fingerprint density at radius 3 is 2.19 bits per heavy atom. The van der Waals surface area contributed by atoms with E-state index in [9.17, 15) is 9.59 Å². The van der Waals surface area contributed by atoms with Crippen molar-refractivity contribution in [2.24, 2.45) is 40.3 Å². The van der Waals surface area contributed by atoms with E-state index in [4.69, 9.17) is 10.5 Å².